The van der Waals surface area contributed by atoms with E-state index in [0.29, 0.717) is 26.2 Å². The van der Waals surface area contributed by atoms with Crippen LogP contribution in [0.15, 0.2) is 30.3 Å². The van der Waals surface area contributed by atoms with Crippen molar-refractivity contribution in [2.75, 3.05) is 31.1 Å². The van der Waals surface area contributed by atoms with Gasteiger partial charge >= 0.3 is 0 Å². The quantitative estimate of drug-likeness (QED) is 0.639. The van der Waals surface area contributed by atoms with Gasteiger partial charge in [-0.1, -0.05) is 30.3 Å². The molecule has 2 aromatic heterocycles. The largest absolute Gasteiger partial charge is 0.353 e. The summed E-state index contributed by atoms with van der Waals surface area (Å²) in [6.45, 7) is 4.24. The summed E-state index contributed by atoms with van der Waals surface area (Å²) < 4.78 is 27.3. The third-order valence-electron chi connectivity index (χ3n) is 5.78. The minimum Gasteiger partial charge on any atom is -0.353 e. The summed E-state index contributed by atoms with van der Waals surface area (Å²) in [5.41, 5.74) is 2.25. The van der Waals surface area contributed by atoms with Crippen LogP contribution in [0.5, 0.6) is 0 Å². The van der Waals surface area contributed by atoms with Crippen molar-refractivity contribution < 1.29 is 8.42 Å². The van der Waals surface area contributed by atoms with Gasteiger partial charge in [-0.3, -0.25) is 0 Å². The molecule has 1 aromatic carbocycles. The lowest BCUT2D eigenvalue weighted by Gasteiger charge is -2.35. The summed E-state index contributed by atoms with van der Waals surface area (Å²) in [6, 6.07) is 9.40. The van der Waals surface area contributed by atoms with E-state index in [9.17, 15) is 8.42 Å². The molecule has 2 aliphatic rings. The number of hydrogen-bond acceptors (Lipinski definition) is 6. The normalized spacial score (nSPS) is 17.8. The van der Waals surface area contributed by atoms with Crippen molar-refractivity contribution in [3.8, 4) is 0 Å². The lowest BCUT2D eigenvalue weighted by atomic mass is 10.1. The summed E-state index contributed by atoms with van der Waals surface area (Å²) in [6.07, 6.45) is 3.44. The third-order valence-corrected chi connectivity index (χ3v) is 8.82. The number of piperazine rings is 1. The van der Waals surface area contributed by atoms with Gasteiger partial charge in [0.15, 0.2) is 0 Å². The van der Waals surface area contributed by atoms with Crippen molar-refractivity contribution >= 4 is 37.4 Å². The van der Waals surface area contributed by atoms with Gasteiger partial charge in [-0.25, -0.2) is 18.4 Å². The standard InChI is InChI=1S/C21H24N4O2S2/c1-15-22-20(19-17-8-5-9-18(17)28-21(19)23-15)24-10-12-25(13-11-24)29(26,27)14-16-6-3-2-4-7-16/h2-4,6-7H,5,8-14H2,1H3. The molecule has 1 aliphatic heterocycles. The Balaban J connectivity index is 1.37. The van der Waals surface area contributed by atoms with Crippen LogP contribution in [-0.4, -0.2) is 48.9 Å². The van der Waals surface area contributed by atoms with Crippen LogP contribution in [-0.2, 0) is 28.6 Å². The molecule has 0 amide bonds. The monoisotopic (exact) mass is 428 g/mol. The van der Waals surface area contributed by atoms with Crippen LogP contribution in [0, 0.1) is 6.92 Å². The maximum atomic E-state index is 12.9. The second-order valence-electron chi connectivity index (χ2n) is 7.76. The molecule has 0 N–H and O–H groups in total. The number of anilines is 1. The van der Waals surface area contributed by atoms with Crippen molar-refractivity contribution in [3.63, 3.8) is 0 Å². The Hall–Kier alpha value is -2.03. The Kier molecular flexibility index (Phi) is 4.80. The zero-order chi connectivity index (χ0) is 20.0. The Bertz CT molecular complexity index is 1150. The van der Waals surface area contributed by atoms with E-state index in [1.165, 1.54) is 22.2 Å². The van der Waals surface area contributed by atoms with Gasteiger partial charge in [0, 0.05) is 31.1 Å². The molecule has 1 fully saturated rings. The summed E-state index contributed by atoms with van der Waals surface area (Å²) in [7, 11) is -3.32. The molecule has 0 radical (unpaired) electrons. The minimum atomic E-state index is -3.32. The number of aromatic nitrogens is 2. The molecule has 0 spiro atoms. The number of sulfonamides is 1. The van der Waals surface area contributed by atoms with Gasteiger partial charge in [-0.2, -0.15) is 4.31 Å². The van der Waals surface area contributed by atoms with Crippen LogP contribution in [0.2, 0.25) is 0 Å². The molecule has 1 aliphatic carbocycles. The minimum absolute atomic E-state index is 0.0583. The first-order valence-electron chi connectivity index (χ1n) is 10.1. The molecule has 0 atom stereocenters. The SMILES string of the molecule is Cc1nc(N2CCN(S(=O)(=O)Cc3ccccc3)CC2)c2c3c(sc2n1)CCC3. The van der Waals surface area contributed by atoms with Crippen LogP contribution in [0.3, 0.4) is 0 Å². The molecule has 6 nitrogen and oxygen atoms in total. The Morgan fingerprint density at radius 2 is 1.79 bits per heavy atom. The van der Waals surface area contributed by atoms with Crippen LogP contribution >= 0.6 is 11.3 Å². The van der Waals surface area contributed by atoms with Crippen molar-refractivity contribution in [2.45, 2.75) is 31.9 Å². The fraction of sp³-hybridized carbons (Fsp3) is 0.429. The van der Waals surface area contributed by atoms with E-state index in [1.807, 2.05) is 37.3 Å². The molecule has 8 heteroatoms. The van der Waals surface area contributed by atoms with Crippen molar-refractivity contribution in [1.29, 1.82) is 0 Å². The molecule has 3 heterocycles. The molecular formula is C21H24N4O2S2. The highest BCUT2D eigenvalue weighted by Crippen LogP contribution is 2.40. The van der Waals surface area contributed by atoms with E-state index in [1.54, 1.807) is 15.6 Å². The van der Waals surface area contributed by atoms with Gasteiger partial charge in [0.1, 0.15) is 16.5 Å². The van der Waals surface area contributed by atoms with E-state index in [0.717, 1.165) is 34.9 Å². The zero-order valence-corrected chi connectivity index (χ0v) is 18.1. The molecule has 1 saturated heterocycles. The highest BCUT2D eigenvalue weighted by molar-refractivity contribution is 7.88. The molecule has 5 rings (SSSR count). The van der Waals surface area contributed by atoms with Gasteiger partial charge in [0.05, 0.1) is 11.1 Å². The van der Waals surface area contributed by atoms with Gasteiger partial charge in [-0.05, 0) is 37.3 Å². The number of aryl methyl sites for hydroxylation is 3. The van der Waals surface area contributed by atoms with Crippen LogP contribution in [0.1, 0.15) is 28.2 Å². The summed E-state index contributed by atoms with van der Waals surface area (Å²) in [5.74, 6) is 1.83. The first-order chi connectivity index (χ1) is 14.0. The Labute approximate surface area is 175 Å². The van der Waals surface area contributed by atoms with E-state index >= 15 is 0 Å². The number of rotatable bonds is 4. The first-order valence-corrected chi connectivity index (χ1v) is 12.5. The predicted octanol–water partition coefficient (Wildman–Crippen LogP) is 3.14. The topological polar surface area (TPSA) is 66.4 Å². The molecule has 0 saturated carbocycles. The zero-order valence-electron chi connectivity index (χ0n) is 16.5. The smallest absolute Gasteiger partial charge is 0.218 e. The Morgan fingerprint density at radius 1 is 1.03 bits per heavy atom. The third kappa shape index (κ3) is 3.53. The number of fused-ring (bicyclic) bond motifs is 3. The molecule has 152 valence electrons. The number of nitrogens with zero attached hydrogens (tertiary/aromatic N) is 4. The van der Waals surface area contributed by atoms with E-state index in [2.05, 4.69) is 9.88 Å². The summed E-state index contributed by atoms with van der Waals surface area (Å²) >= 11 is 1.80. The highest BCUT2D eigenvalue weighted by atomic mass is 32.2. The maximum absolute atomic E-state index is 12.9. The van der Waals surface area contributed by atoms with Crippen molar-refractivity contribution in [1.82, 2.24) is 14.3 Å². The summed E-state index contributed by atoms with van der Waals surface area (Å²) in [4.78, 5) is 14.2. The average molecular weight is 429 g/mol. The van der Waals surface area contributed by atoms with Crippen LogP contribution in [0.25, 0.3) is 10.2 Å². The average Bonchev–Trinajstić information content (AvgIpc) is 3.29. The molecule has 0 bridgehead atoms. The van der Waals surface area contributed by atoms with E-state index < -0.39 is 10.0 Å². The summed E-state index contributed by atoms with van der Waals surface area (Å²) in [5, 5.41) is 1.20. The second-order valence-corrected chi connectivity index (χ2v) is 10.8. The van der Waals surface area contributed by atoms with Crippen molar-refractivity contribution in [2.24, 2.45) is 0 Å². The molecule has 3 aromatic rings. The highest BCUT2D eigenvalue weighted by Gasteiger charge is 2.30. The van der Waals surface area contributed by atoms with E-state index in [-0.39, 0.29) is 5.75 Å². The number of thiophene rings is 1. The lowest BCUT2D eigenvalue weighted by Crippen LogP contribution is -2.49. The molecule has 0 unspecified atom stereocenters. The lowest BCUT2D eigenvalue weighted by molar-refractivity contribution is 0.383. The molecule has 29 heavy (non-hydrogen) atoms. The maximum Gasteiger partial charge on any atom is 0.218 e. The first kappa shape index (κ1) is 19.0. The Morgan fingerprint density at radius 3 is 2.55 bits per heavy atom. The van der Waals surface area contributed by atoms with Crippen LogP contribution < -0.4 is 4.90 Å². The fourth-order valence-corrected chi connectivity index (χ4v) is 7.18. The van der Waals surface area contributed by atoms with Gasteiger partial charge in [-0.15, -0.1) is 11.3 Å². The van der Waals surface area contributed by atoms with Crippen LogP contribution in [0.4, 0.5) is 5.82 Å². The van der Waals surface area contributed by atoms with Gasteiger partial charge in [0.25, 0.3) is 0 Å². The molecular weight excluding hydrogens is 404 g/mol. The fourth-order valence-electron chi connectivity index (χ4n) is 4.36. The van der Waals surface area contributed by atoms with Gasteiger partial charge < -0.3 is 4.90 Å². The predicted molar refractivity (Wildman–Crippen MR) is 117 cm³/mol. The van der Waals surface area contributed by atoms with Crippen molar-refractivity contribution in [3.05, 3.63) is 52.2 Å². The van der Waals surface area contributed by atoms with Gasteiger partial charge in [0.2, 0.25) is 10.0 Å². The number of benzene rings is 1. The van der Waals surface area contributed by atoms with E-state index in [4.69, 9.17) is 4.98 Å². The number of hydrogen-bond donors (Lipinski definition) is 0. The second kappa shape index (κ2) is 7.34.